The van der Waals surface area contributed by atoms with Crippen LogP contribution in [0, 0.1) is 0 Å². The second kappa shape index (κ2) is 4.28. The summed E-state index contributed by atoms with van der Waals surface area (Å²) in [5.74, 6) is 5.61. The van der Waals surface area contributed by atoms with Gasteiger partial charge in [-0.15, -0.1) is 10.2 Å². The molecule has 84 valence electrons. The molecule has 0 radical (unpaired) electrons. The number of nitrogens with two attached hydrogens (primary N) is 1. The molecule has 6 heteroatoms. The van der Waals surface area contributed by atoms with Gasteiger partial charge in [-0.05, 0) is 18.6 Å². The quantitative estimate of drug-likeness (QED) is 0.441. The van der Waals surface area contributed by atoms with Crippen LogP contribution in [0.15, 0.2) is 18.3 Å². The molecular weight excluding hydrogens is 206 g/mol. The number of aryl methyl sites for hydroxylation is 1. The van der Waals surface area contributed by atoms with Crippen LogP contribution in [0.25, 0.3) is 5.65 Å². The maximum absolute atomic E-state index is 11.4. The van der Waals surface area contributed by atoms with Gasteiger partial charge in [0.25, 0.3) is 5.91 Å². The van der Waals surface area contributed by atoms with E-state index in [-0.39, 0.29) is 5.91 Å². The number of nitrogens with zero attached hydrogens (tertiary/aromatic N) is 3. The number of hydrogen-bond donors (Lipinski definition) is 2. The maximum atomic E-state index is 11.4. The van der Waals surface area contributed by atoms with Crippen LogP contribution < -0.4 is 11.3 Å². The van der Waals surface area contributed by atoms with Gasteiger partial charge in [0, 0.05) is 12.6 Å². The highest BCUT2D eigenvalue weighted by Gasteiger charge is 2.08. The van der Waals surface area contributed by atoms with Gasteiger partial charge in [-0.3, -0.25) is 14.6 Å². The van der Waals surface area contributed by atoms with Crippen LogP contribution >= 0.6 is 0 Å². The second-order valence-electron chi connectivity index (χ2n) is 3.49. The van der Waals surface area contributed by atoms with Gasteiger partial charge >= 0.3 is 0 Å². The van der Waals surface area contributed by atoms with E-state index >= 15 is 0 Å². The summed E-state index contributed by atoms with van der Waals surface area (Å²) in [6.07, 6.45) is 3.51. The van der Waals surface area contributed by atoms with E-state index in [0.717, 1.165) is 24.3 Å². The fourth-order valence-corrected chi connectivity index (χ4v) is 1.55. The number of pyridine rings is 1. The normalized spacial score (nSPS) is 10.6. The van der Waals surface area contributed by atoms with Crippen molar-refractivity contribution in [1.82, 2.24) is 20.0 Å². The molecule has 0 unspecified atom stereocenters. The van der Waals surface area contributed by atoms with Gasteiger partial charge in [0.15, 0.2) is 5.65 Å². The minimum Gasteiger partial charge on any atom is -0.290 e. The van der Waals surface area contributed by atoms with Crippen LogP contribution in [-0.2, 0) is 6.42 Å². The first-order valence-electron chi connectivity index (χ1n) is 5.11. The SMILES string of the molecule is CCCc1nnc2ccc(C(=O)NN)cn12. The van der Waals surface area contributed by atoms with E-state index in [1.165, 1.54) is 0 Å². The van der Waals surface area contributed by atoms with Crippen molar-refractivity contribution in [3.05, 3.63) is 29.7 Å². The number of aromatic nitrogens is 3. The maximum Gasteiger partial charge on any atom is 0.266 e. The number of nitrogen functional groups attached to an aromatic ring is 1. The van der Waals surface area contributed by atoms with Crippen LogP contribution in [0.4, 0.5) is 0 Å². The monoisotopic (exact) mass is 219 g/mol. The largest absolute Gasteiger partial charge is 0.290 e. The first kappa shape index (κ1) is 10.6. The van der Waals surface area contributed by atoms with E-state index in [1.54, 1.807) is 18.3 Å². The predicted octanol–water partition coefficient (Wildman–Crippen LogP) is 0.285. The molecule has 0 aromatic carbocycles. The summed E-state index contributed by atoms with van der Waals surface area (Å²) in [5.41, 5.74) is 3.32. The molecule has 2 aromatic heterocycles. The average molecular weight is 219 g/mol. The zero-order valence-corrected chi connectivity index (χ0v) is 8.97. The zero-order valence-electron chi connectivity index (χ0n) is 8.97. The number of amides is 1. The number of hydrogen-bond acceptors (Lipinski definition) is 4. The van der Waals surface area contributed by atoms with Gasteiger partial charge in [-0.1, -0.05) is 6.92 Å². The Bertz CT molecular complexity index is 519. The predicted molar refractivity (Wildman–Crippen MR) is 58.6 cm³/mol. The lowest BCUT2D eigenvalue weighted by Crippen LogP contribution is -2.30. The van der Waals surface area contributed by atoms with Crippen LogP contribution in [0.1, 0.15) is 29.5 Å². The second-order valence-corrected chi connectivity index (χ2v) is 3.49. The van der Waals surface area contributed by atoms with Gasteiger partial charge in [0.2, 0.25) is 0 Å². The molecule has 2 aromatic rings. The average Bonchev–Trinajstić information content (AvgIpc) is 2.71. The Morgan fingerprint density at radius 2 is 2.31 bits per heavy atom. The number of hydrazine groups is 1. The molecule has 0 aliphatic heterocycles. The molecule has 0 spiro atoms. The molecule has 2 rings (SSSR count). The summed E-state index contributed by atoms with van der Waals surface area (Å²) in [7, 11) is 0. The first-order chi connectivity index (χ1) is 7.76. The minimum absolute atomic E-state index is 0.321. The van der Waals surface area contributed by atoms with Gasteiger partial charge in [0.1, 0.15) is 5.82 Å². The van der Waals surface area contributed by atoms with E-state index in [2.05, 4.69) is 22.5 Å². The van der Waals surface area contributed by atoms with Crippen LogP contribution in [0.3, 0.4) is 0 Å². The lowest BCUT2D eigenvalue weighted by Gasteiger charge is -2.01. The van der Waals surface area contributed by atoms with Gasteiger partial charge < -0.3 is 0 Å². The molecule has 0 saturated heterocycles. The zero-order chi connectivity index (χ0) is 11.5. The number of nitrogens with one attached hydrogen (secondary N) is 1. The van der Waals surface area contributed by atoms with Crippen LogP contribution in [-0.4, -0.2) is 20.5 Å². The van der Waals surface area contributed by atoms with Crippen molar-refractivity contribution in [3.8, 4) is 0 Å². The van der Waals surface area contributed by atoms with Gasteiger partial charge in [-0.2, -0.15) is 0 Å². The Labute approximate surface area is 92.4 Å². The molecule has 0 bridgehead atoms. The molecule has 6 nitrogen and oxygen atoms in total. The highest BCUT2D eigenvalue weighted by Crippen LogP contribution is 2.08. The van der Waals surface area contributed by atoms with Crippen molar-refractivity contribution in [1.29, 1.82) is 0 Å². The molecule has 0 aliphatic rings. The number of fused-ring (bicyclic) bond motifs is 1. The third-order valence-electron chi connectivity index (χ3n) is 2.34. The third kappa shape index (κ3) is 1.74. The topological polar surface area (TPSA) is 85.3 Å². The van der Waals surface area contributed by atoms with Crippen molar-refractivity contribution in [2.45, 2.75) is 19.8 Å². The summed E-state index contributed by atoms with van der Waals surface area (Å²) in [6.45, 7) is 2.07. The van der Waals surface area contributed by atoms with E-state index in [9.17, 15) is 4.79 Å². The summed E-state index contributed by atoms with van der Waals surface area (Å²) in [6, 6.07) is 3.42. The number of carbonyl (C=O) groups excluding carboxylic acids is 1. The molecule has 0 atom stereocenters. The minimum atomic E-state index is -0.321. The van der Waals surface area contributed by atoms with Crippen molar-refractivity contribution in [3.63, 3.8) is 0 Å². The highest BCUT2D eigenvalue weighted by molar-refractivity contribution is 5.93. The molecule has 0 saturated carbocycles. The molecule has 2 heterocycles. The molecule has 0 fully saturated rings. The van der Waals surface area contributed by atoms with Crippen molar-refractivity contribution >= 4 is 11.6 Å². The van der Waals surface area contributed by atoms with Crippen LogP contribution in [0.5, 0.6) is 0 Å². The van der Waals surface area contributed by atoms with Crippen molar-refractivity contribution in [2.24, 2.45) is 5.84 Å². The summed E-state index contributed by atoms with van der Waals surface area (Å²) in [4.78, 5) is 11.4. The summed E-state index contributed by atoms with van der Waals surface area (Å²) < 4.78 is 1.81. The molecule has 16 heavy (non-hydrogen) atoms. The van der Waals surface area contributed by atoms with Crippen LogP contribution in [0.2, 0.25) is 0 Å². The van der Waals surface area contributed by atoms with E-state index in [0.29, 0.717) is 5.56 Å². The van der Waals surface area contributed by atoms with Gasteiger partial charge in [-0.25, -0.2) is 5.84 Å². The summed E-state index contributed by atoms with van der Waals surface area (Å²) >= 11 is 0. The number of carbonyl (C=O) groups is 1. The Balaban J connectivity index is 2.49. The van der Waals surface area contributed by atoms with E-state index in [1.807, 2.05) is 4.40 Å². The summed E-state index contributed by atoms with van der Waals surface area (Å²) in [5, 5.41) is 8.07. The van der Waals surface area contributed by atoms with E-state index < -0.39 is 0 Å². The third-order valence-corrected chi connectivity index (χ3v) is 2.34. The Morgan fingerprint density at radius 3 is 3.00 bits per heavy atom. The van der Waals surface area contributed by atoms with E-state index in [4.69, 9.17) is 5.84 Å². The Kier molecular flexibility index (Phi) is 2.82. The highest BCUT2D eigenvalue weighted by atomic mass is 16.2. The lowest BCUT2D eigenvalue weighted by atomic mass is 10.2. The van der Waals surface area contributed by atoms with Crippen molar-refractivity contribution < 1.29 is 4.79 Å². The smallest absolute Gasteiger partial charge is 0.266 e. The molecule has 3 N–H and O–H groups in total. The fourth-order valence-electron chi connectivity index (χ4n) is 1.55. The molecule has 1 amide bonds. The molecular formula is C10H13N5O. The lowest BCUT2D eigenvalue weighted by molar-refractivity contribution is 0.0953. The van der Waals surface area contributed by atoms with Gasteiger partial charge in [0.05, 0.1) is 5.56 Å². The Hall–Kier alpha value is -1.95. The Morgan fingerprint density at radius 1 is 1.50 bits per heavy atom. The fraction of sp³-hybridized carbons (Fsp3) is 0.300. The first-order valence-corrected chi connectivity index (χ1v) is 5.11. The van der Waals surface area contributed by atoms with Crippen molar-refractivity contribution in [2.75, 3.05) is 0 Å². The standard InChI is InChI=1S/C10H13N5O/c1-2-3-8-13-14-9-5-4-7(6-15(8)9)10(16)12-11/h4-6H,2-3,11H2,1H3,(H,12,16). The molecule has 0 aliphatic carbocycles. The number of rotatable bonds is 3.